The summed E-state index contributed by atoms with van der Waals surface area (Å²) in [6.07, 6.45) is 0. The third-order valence-corrected chi connectivity index (χ3v) is 4.12. The van der Waals surface area contributed by atoms with Crippen LogP contribution in [-0.4, -0.2) is 67.3 Å². The van der Waals surface area contributed by atoms with Crippen molar-refractivity contribution in [3.63, 3.8) is 0 Å². The molecule has 0 atom stereocenters. The van der Waals surface area contributed by atoms with Crippen molar-refractivity contribution in [2.45, 2.75) is 34.2 Å². The number of nitrogens with one attached hydrogen (secondary N) is 2. The monoisotopic (exact) mass is 503 g/mol. The summed E-state index contributed by atoms with van der Waals surface area (Å²) in [6.45, 7) is 11.2. The number of likely N-dealkylation sites (N-methyl/N-ethyl adjacent to an activating group) is 2. The summed E-state index contributed by atoms with van der Waals surface area (Å²) < 4.78 is 0. The van der Waals surface area contributed by atoms with E-state index in [-0.39, 0.29) is 42.3 Å². The van der Waals surface area contributed by atoms with E-state index in [2.05, 4.69) is 15.6 Å². The summed E-state index contributed by atoms with van der Waals surface area (Å²) in [5.41, 5.74) is 1.57. The van der Waals surface area contributed by atoms with Crippen molar-refractivity contribution in [2.24, 2.45) is 4.99 Å². The van der Waals surface area contributed by atoms with E-state index in [1.165, 1.54) is 0 Å². The van der Waals surface area contributed by atoms with Crippen LogP contribution in [0.5, 0.6) is 0 Å². The zero-order valence-corrected chi connectivity index (χ0v) is 19.9. The number of carbonyl (C=O) groups is 2. The molecule has 1 aromatic carbocycles. The van der Waals surface area contributed by atoms with Gasteiger partial charge >= 0.3 is 0 Å². The number of carbonyl (C=O) groups excluding carboxylic acids is 2. The molecule has 2 N–H and O–H groups in total. The van der Waals surface area contributed by atoms with Crippen molar-refractivity contribution in [1.82, 2.24) is 20.4 Å². The number of rotatable bonds is 9. The highest BCUT2D eigenvalue weighted by atomic mass is 127. The molecule has 28 heavy (non-hydrogen) atoms. The summed E-state index contributed by atoms with van der Waals surface area (Å²) in [4.78, 5) is 32.6. The van der Waals surface area contributed by atoms with Gasteiger partial charge in [-0.15, -0.1) is 24.0 Å². The topological polar surface area (TPSA) is 77.0 Å². The van der Waals surface area contributed by atoms with Gasteiger partial charge in [0.25, 0.3) is 5.91 Å². The van der Waals surface area contributed by atoms with E-state index in [1.807, 2.05) is 57.8 Å². The van der Waals surface area contributed by atoms with Crippen molar-refractivity contribution < 1.29 is 9.59 Å². The second-order valence-electron chi connectivity index (χ2n) is 6.15. The van der Waals surface area contributed by atoms with Gasteiger partial charge in [-0.3, -0.25) is 9.59 Å². The predicted octanol–water partition coefficient (Wildman–Crippen LogP) is 2.32. The highest BCUT2D eigenvalue weighted by Crippen LogP contribution is 2.07. The molecule has 0 radical (unpaired) electrons. The molecule has 0 aliphatic rings. The van der Waals surface area contributed by atoms with Gasteiger partial charge in [-0.05, 0) is 45.4 Å². The lowest BCUT2D eigenvalue weighted by molar-refractivity contribution is -0.131. The van der Waals surface area contributed by atoms with Gasteiger partial charge in [0.15, 0.2) is 5.96 Å². The molecular formula is C20H34IN5O2. The Balaban J connectivity index is 0.00000729. The van der Waals surface area contributed by atoms with Gasteiger partial charge in [0, 0.05) is 38.8 Å². The summed E-state index contributed by atoms with van der Waals surface area (Å²) >= 11 is 0. The Morgan fingerprint density at radius 3 is 2.25 bits per heavy atom. The highest BCUT2D eigenvalue weighted by molar-refractivity contribution is 14.0. The standard InChI is InChI=1S/C20H33N5O2.HI/c1-6-21-19(27)17-12-10-11-16(13-17)14-23-20(22-7-2)24(5)15-18(26)25(8-3)9-4;/h10-13H,6-9,14-15H2,1-5H3,(H,21,27)(H,22,23);1H. The maximum Gasteiger partial charge on any atom is 0.251 e. The lowest BCUT2D eigenvalue weighted by Crippen LogP contribution is -2.45. The molecule has 0 saturated carbocycles. The quantitative estimate of drug-likeness (QED) is 0.308. The fraction of sp³-hybridized carbons (Fsp3) is 0.550. The third kappa shape index (κ3) is 8.45. The minimum atomic E-state index is -0.0860. The fourth-order valence-corrected chi connectivity index (χ4v) is 2.66. The van der Waals surface area contributed by atoms with E-state index in [9.17, 15) is 9.59 Å². The lowest BCUT2D eigenvalue weighted by Gasteiger charge is -2.25. The summed E-state index contributed by atoms with van der Waals surface area (Å²) in [7, 11) is 1.86. The van der Waals surface area contributed by atoms with Gasteiger partial charge in [0.1, 0.15) is 0 Å². The fourth-order valence-electron chi connectivity index (χ4n) is 2.66. The van der Waals surface area contributed by atoms with E-state index in [0.29, 0.717) is 44.2 Å². The summed E-state index contributed by atoms with van der Waals surface area (Å²) in [5, 5.41) is 6.01. The zero-order chi connectivity index (χ0) is 20.2. The Kier molecular flexibility index (Phi) is 13.3. The number of amides is 2. The first-order chi connectivity index (χ1) is 13.0. The average Bonchev–Trinajstić information content (AvgIpc) is 2.66. The first kappa shape index (κ1) is 26.2. The Morgan fingerprint density at radius 1 is 1.04 bits per heavy atom. The van der Waals surface area contributed by atoms with Crippen molar-refractivity contribution in [3.05, 3.63) is 35.4 Å². The molecule has 0 spiro atoms. The molecule has 0 aromatic heterocycles. The Hall–Kier alpha value is -1.84. The molecule has 158 valence electrons. The highest BCUT2D eigenvalue weighted by Gasteiger charge is 2.15. The number of nitrogens with zero attached hydrogens (tertiary/aromatic N) is 3. The van der Waals surface area contributed by atoms with Gasteiger partial charge < -0.3 is 20.4 Å². The molecule has 2 amide bonds. The Morgan fingerprint density at radius 2 is 1.68 bits per heavy atom. The first-order valence-corrected chi connectivity index (χ1v) is 9.61. The van der Waals surface area contributed by atoms with Crippen LogP contribution in [0.3, 0.4) is 0 Å². The van der Waals surface area contributed by atoms with Crippen molar-refractivity contribution >= 4 is 41.8 Å². The van der Waals surface area contributed by atoms with Crippen molar-refractivity contribution in [1.29, 1.82) is 0 Å². The molecule has 1 rings (SSSR count). The number of halogens is 1. The summed E-state index contributed by atoms with van der Waals surface area (Å²) in [5.74, 6) is 0.657. The second-order valence-corrected chi connectivity index (χ2v) is 6.15. The van der Waals surface area contributed by atoms with Crippen LogP contribution in [0.1, 0.15) is 43.6 Å². The smallest absolute Gasteiger partial charge is 0.251 e. The lowest BCUT2D eigenvalue weighted by atomic mass is 10.1. The number of benzene rings is 1. The zero-order valence-electron chi connectivity index (χ0n) is 17.6. The molecular weight excluding hydrogens is 469 g/mol. The molecule has 0 aliphatic carbocycles. The van der Waals surface area contributed by atoms with Crippen LogP contribution in [0, 0.1) is 0 Å². The van der Waals surface area contributed by atoms with Gasteiger partial charge in [-0.1, -0.05) is 12.1 Å². The normalized spacial score (nSPS) is 10.7. The molecule has 0 unspecified atom stereocenters. The summed E-state index contributed by atoms with van der Waals surface area (Å²) in [6, 6.07) is 7.43. The number of hydrogen-bond donors (Lipinski definition) is 2. The van der Waals surface area contributed by atoms with E-state index in [0.717, 1.165) is 5.56 Å². The van der Waals surface area contributed by atoms with Gasteiger partial charge in [0.05, 0.1) is 13.1 Å². The second kappa shape index (κ2) is 14.2. The molecule has 0 aliphatic heterocycles. The largest absolute Gasteiger partial charge is 0.357 e. The van der Waals surface area contributed by atoms with E-state index >= 15 is 0 Å². The predicted molar refractivity (Wildman–Crippen MR) is 125 cm³/mol. The van der Waals surface area contributed by atoms with E-state index in [4.69, 9.17) is 0 Å². The maximum atomic E-state index is 12.3. The van der Waals surface area contributed by atoms with Crippen LogP contribution in [0.2, 0.25) is 0 Å². The van der Waals surface area contributed by atoms with Gasteiger partial charge in [-0.25, -0.2) is 4.99 Å². The Labute approximate surface area is 186 Å². The van der Waals surface area contributed by atoms with E-state index < -0.39 is 0 Å². The minimum Gasteiger partial charge on any atom is -0.357 e. The molecule has 0 fully saturated rings. The Bertz CT molecular complexity index is 647. The van der Waals surface area contributed by atoms with Crippen molar-refractivity contribution in [2.75, 3.05) is 39.8 Å². The minimum absolute atomic E-state index is 0. The molecule has 0 bridgehead atoms. The van der Waals surface area contributed by atoms with Crippen LogP contribution in [0.4, 0.5) is 0 Å². The van der Waals surface area contributed by atoms with Crippen LogP contribution in [0.25, 0.3) is 0 Å². The first-order valence-electron chi connectivity index (χ1n) is 9.61. The number of guanidine groups is 1. The van der Waals surface area contributed by atoms with Gasteiger partial charge in [-0.2, -0.15) is 0 Å². The number of hydrogen-bond acceptors (Lipinski definition) is 3. The molecule has 0 saturated heterocycles. The van der Waals surface area contributed by atoms with Crippen LogP contribution >= 0.6 is 24.0 Å². The van der Waals surface area contributed by atoms with Crippen molar-refractivity contribution in [3.8, 4) is 0 Å². The maximum absolute atomic E-state index is 12.3. The van der Waals surface area contributed by atoms with E-state index in [1.54, 1.807) is 11.0 Å². The average molecular weight is 503 g/mol. The molecule has 7 nitrogen and oxygen atoms in total. The van der Waals surface area contributed by atoms with Gasteiger partial charge in [0.2, 0.25) is 5.91 Å². The molecule has 1 aromatic rings. The number of aliphatic imine (C=N–C) groups is 1. The van der Waals surface area contributed by atoms with Crippen LogP contribution in [0.15, 0.2) is 29.3 Å². The molecule has 8 heteroatoms. The van der Waals surface area contributed by atoms with Crippen LogP contribution < -0.4 is 10.6 Å². The third-order valence-electron chi connectivity index (χ3n) is 4.12. The van der Waals surface area contributed by atoms with Crippen LogP contribution in [-0.2, 0) is 11.3 Å². The SMILES string of the molecule is CCNC(=O)c1cccc(CN=C(NCC)N(C)CC(=O)N(CC)CC)c1.I. The molecule has 0 heterocycles.